The van der Waals surface area contributed by atoms with E-state index in [2.05, 4.69) is 6.07 Å². The molecule has 0 spiro atoms. The topological polar surface area (TPSA) is 17.1 Å². The molecule has 0 aliphatic carbocycles. The first-order valence-electron chi connectivity index (χ1n) is 5.80. The lowest BCUT2D eigenvalue weighted by Gasteiger charge is -2.10. The van der Waals surface area contributed by atoms with Gasteiger partial charge >= 0.3 is 0 Å². The first kappa shape index (κ1) is 11.6. The summed E-state index contributed by atoms with van der Waals surface area (Å²) in [7, 11) is 0. The van der Waals surface area contributed by atoms with Gasteiger partial charge in [0.1, 0.15) is 0 Å². The maximum absolute atomic E-state index is 12.1. The van der Waals surface area contributed by atoms with E-state index in [0.717, 1.165) is 11.1 Å². The normalized spacial score (nSPS) is 10.5. The number of rotatable bonds is 3. The second-order valence-electron chi connectivity index (χ2n) is 4.34. The number of hydrogen-bond acceptors (Lipinski definition) is 1. The molecular weight excluding hydrogens is 208 g/mol. The Morgan fingerprint density at radius 1 is 1.06 bits per heavy atom. The molecule has 0 bridgehead atoms. The molecule has 0 amide bonds. The smallest absolute Gasteiger partial charge is 0.166 e. The lowest BCUT2D eigenvalue weighted by molar-refractivity contribution is 0.0940. The molecule has 0 atom stereocenters. The van der Waals surface area contributed by atoms with E-state index in [9.17, 15) is 4.79 Å². The average molecular weight is 223 g/mol. The Labute approximate surface area is 102 Å². The van der Waals surface area contributed by atoms with Gasteiger partial charge in [-0.05, 0) is 17.2 Å². The minimum absolute atomic E-state index is 0.00360. The van der Waals surface area contributed by atoms with Gasteiger partial charge in [-0.2, -0.15) is 0 Å². The van der Waals surface area contributed by atoms with Gasteiger partial charge in [-0.25, -0.2) is 0 Å². The van der Waals surface area contributed by atoms with E-state index < -0.39 is 0 Å². The van der Waals surface area contributed by atoms with Crippen LogP contribution in [0.5, 0.6) is 0 Å². The zero-order valence-corrected chi connectivity index (χ0v) is 10.1. The second-order valence-corrected chi connectivity index (χ2v) is 4.34. The van der Waals surface area contributed by atoms with Crippen LogP contribution in [0.1, 0.15) is 24.2 Å². The Kier molecular flexibility index (Phi) is 3.38. The SMILES string of the molecule is CC(C)C(=O)c1[c]cccc1-c1ccccc1. The monoisotopic (exact) mass is 223 g/mol. The van der Waals surface area contributed by atoms with E-state index in [1.165, 1.54) is 0 Å². The predicted molar refractivity (Wildman–Crippen MR) is 69.9 cm³/mol. The van der Waals surface area contributed by atoms with Gasteiger partial charge in [0.15, 0.2) is 5.78 Å². The standard InChI is InChI=1S/C16H15O/c1-12(2)16(17)15-11-7-6-10-14(15)13-8-4-3-5-9-13/h3-10,12H,1-2H3. The summed E-state index contributed by atoms with van der Waals surface area (Å²) in [6, 6.07) is 18.7. The van der Waals surface area contributed by atoms with Gasteiger partial charge in [-0.3, -0.25) is 4.79 Å². The minimum atomic E-state index is -0.00360. The summed E-state index contributed by atoms with van der Waals surface area (Å²) < 4.78 is 0. The van der Waals surface area contributed by atoms with Crippen molar-refractivity contribution in [3.05, 3.63) is 60.2 Å². The molecule has 1 nitrogen and oxygen atoms in total. The minimum Gasteiger partial charge on any atom is -0.294 e. The van der Waals surface area contributed by atoms with Gasteiger partial charge in [0.05, 0.1) is 0 Å². The fourth-order valence-electron chi connectivity index (χ4n) is 1.79. The summed E-state index contributed by atoms with van der Waals surface area (Å²) >= 11 is 0. The number of hydrogen-bond donors (Lipinski definition) is 0. The van der Waals surface area contributed by atoms with Crippen LogP contribution in [0.3, 0.4) is 0 Å². The molecule has 0 heterocycles. The van der Waals surface area contributed by atoms with E-state index in [1.54, 1.807) is 6.07 Å². The zero-order valence-electron chi connectivity index (χ0n) is 10.1. The number of Topliss-reactive ketones (excluding diaryl/α,β-unsaturated/α-hetero) is 1. The van der Waals surface area contributed by atoms with Crippen LogP contribution in [0, 0.1) is 12.0 Å². The molecule has 0 fully saturated rings. The Hall–Kier alpha value is -1.89. The van der Waals surface area contributed by atoms with Crippen LogP contribution in [0.2, 0.25) is 0 Å². The maximum atomic E-state index is 12.1. The number of carbonyl (C=O) groups excluding carboxylic acids is 1. The molecule has 0 unspecified atom stereocenters. The summed E-state index contributed by atoms with van der Waals surface area (Å²) in [5.41, 5.74) is 2.72. The largest absolute Gasteiger partial charge is 0.294 e. The quantitative estimate of drug-likeness (QED) is 0.719. The Bertz CT molecular complexity index is 512. The lowest BCUT2D eigenvalue weighted by atomic mass is 9.93. The molecule has 0 saturated heterocycles. The Morgan fingerprint density at radius 2 is 1.76 bits per heavy atom. The third-order valence-corrected chi connectivity index (χ3v) is 2.71. The maximum Gasteiger partial charge on any atom is 0.166 e. The second kappa shape index (κ2) is 4.96. The number of benzene rings is 2. The van der Waals surface area contributed by atoms with Gasteiger partial charge in [-0.15, -0.1) is 0 Å². The molecule has 2 aromatic rings. The van der Waals surface area contributed by atoms with Crippen molar-refractivity contribution in [2.75, 3.05) is 0 Å². The summed E-state index contributed by atoms with van der Waals surface area (Å²) in [4.78, 5) is 12.1. The van der Waals surface area contributed by atoms with Crippen LogP contribution in [0.25, 0.3) is 11.1 Å². The van der Waals surface area contributed by atoms with Gasteiger partial charge < -0.3 is 0 Å². The molecule has 17 heavy (non-hydrogen) atoms. The molecular formula is C16H15O. The van der Waals surface area contributed by atoms with E-state index in [1.807, 2.05) is 56.3 Å². The molecule has 0 aliphatic rings. The van der Waals surface area contributed by atoms with Crippen LogP contribution in [-0.4, -0.2) is 5.78 Å². The van der Waals surface area contributed by atoms with Crippen LogP contribution < -0.4 is 0 Å². The molecule has 85 valence electrons. The van der Waals surface area contributed by atoms with Crippen LogP contribution in [0.15, 0.2) is 48.5 Å². The summed E-state index contributed by atoms with van der Waals surface area (Å²) in [5.74, 6) is 0.139. The first-order valence-corrected chi connectivity index (χ1v) is 5.80. The highest BCUT2D eigenvalue weighted by Gasteiger charge is 2.15. The van der Waals surface area contributed by atoms with E-state index in [0.29, 0.717) is 5.56 Å². The van der Waals surface area contributed by atoms with Crippen LogP contribution in [0.4, 0.5) is 0 Å². The van der Waals surface area contributed by atoms with Crippen molar-refractivity contribution >= 4 is 5.78 Å². The molecule has 0 aromatic heterocycles. The fraction of sp³-hybridized carbons (Fsp3) is 0.188. The van der Waals surface area contributed by atoms with Crippen molar-refractivity contribution in [2.45, 2.75) is 13.8 Å². The molecule has 0 saturated carbocycles. The van der Waals surface area contributed by atoms with Crippen molar-refractivity contribution < 1.29 is 4.79 Å². The van der Waals surface area contributed by atoms with Crippen molar-refractivity contribution in [1.82, 2.24) is 0 Å². The third kappa shape index (κ3) is 2.44. The van der Waals surface area contributed by atoms with Crippen molar-refractivity contribution in [1.29, 1.82) is 0 Å². The predicted octanol–water partition coefficient (Wildman–Crippen LogP) is 3.99. The van der Waals surface area contributed by atoms with Crippen LogP contribution in [-0.2, 0) is 0 Å². The third-order valence-electron chi connectivity index (χ3n) is 2.71. The zero-order chi connectivity index (χ0) is 12.3. The summed E-state index contributed by atoms with van der Waals surface area (Å²) in [6.45, 7) is 3.83. The highest BCUT2D eigenvalue weighted by molar-refractivity contribution is 6.03. The highest BCUT2D eigenvalue weighted by atomic mass is 16.1. The van der Waals surface area contributed by atoms with Gasteiger partial charge in [-0.1, -0.05) is 62.4 Å². The molecule has 2 aromatic carbocycles. The van der Waals surface area contributed by atoms with E-state index in [4.69, 9.17) is 0 Å². The van der Waals surface area contributed by atoms with Crippen molar-refractivity contribution in [2.24, 2.45) is 5.92 Å². The number of carbonyl (C=O) groups is 1. The van der Waals surface area contributed by atoms with Gasteiger partial charge in [0.25, 0.3) is 0 Å². The summed E-state index contributed by atoms with van der Waals surface area (Å²) in [6.07, 6.45) is 0. The van der Waals surface area contributed by atoms with Crippen molar-refractivity contribution in [3.63, 3.8) is 0 Å². The molecule has 1 radical (unpaired) electrons. The van der Waals surface area contributed by atoms with Gasteiger partial charge in [0, 0.05) is 11.5 Å². The molecule has 1 heteroatoms. The van der Waals surface area contributed by atoms with E-state index >= 15 is 0 Å². The highest BCUT2D eigenvalue weighted by Crippen LogP contribution is 2.24. The summed E-state index contributed by atoms with van der Waals surface area (Å²) in [5, 5.41) is 0. The van der Waals surface area contributed by atoms with Gasteiger partial charge in [0.2, 0.25) is 0 Å². The molecule has 0 N–H and O–H groups in total. The first-order chi connectivity index (χ1) is 8.20. The Balaban J connectivity index is 2.52. The molecule has 0 aliphatic heterocycles. The number of ketones is 1. The van der Waals surface area contributed by atoms with Crippen molar-refractivity contribution in [3.8, 4) is 11.1 Å². The molecule has 2 rings (SSSR count). The van der Waals surface area contributed by atoms with E-state index in [-0.39, 0.29) is 11.7 Å². The Morgan fingerprint density at radius 3 is 2.41 bits per heavy atom. The lowest BCUT2D eigenvalue weighted by Crippen LogP contribution is -2.09. The van der Waals surface area contributed by atoms with Crippen LogP contribution >= 0.6 is 0 Å². The fourth-order valence-corrected chi connectivity index (χ4v) is 1.79. The average Bonchev–Trinajstić information content (AvgIpc) is 2.39.